The molecule has 2 rings (SSSR count). The second-order valence-corrected chi connectivity index (χ2v) is 10.0. The Labute approximate surface area is 191 Å². The van der Waals surface area contributed by atoms with E-state index in [4.69, 9.17) is 14.2 Å². The summed E-state index contributed by atoms with van der Waals surface area (Å²) >= 11 is 3.32. The number of pyridine rings is 1. The SMILES string of the molecule is COC(=O)C1CC(N(C(=O)OC(C)(C)C)c2cccc(Br)n2)CN1C(=O)OC(C)(C)C. The van der Waals surface area contributed by atoms with Crippen LogP contribution in [0.15, 0.2) is 22.8 Å². The van der Waals surface area contributed by atoms with E-state index in [1.54, 1.807) is 59.7 Å². The number of ether oxygens (including phenoxy) is 3. The molecule has 2 atom stereocenters. The molecule has 2 amide bonds. The standard InChI is InChI=1S/C21H30BrN3O6/c1-20(2,3)30-18(27)24-12-13(11-14(24)17(26)29-7)25(19(28)31-21(4,5)6)16-10-8-9-15(22)23-16/h8-10,13-14H,11-12H2,1-7H3. The number of aromatic nitrogens is 1. The molecule has 0 bridgehead atoms. The second kappa shape index (κ2) is 9.42. The van der Waals surface area contributed by atoms with Gasteiger partial charge in [0, 0.05) is 13.0 Å². The minimum atomic E-state index is -0.901. The van der Waals surface area contributed by atoms with Crippen molar-refractivity contribution in [2.45, 2.75) is 71.2 Å². The topological polar surface area (TPSA) is 98.3 Å². The highest BCUT2D eigenvalue weighted by molar-refractivity contribution is 9.10. The van der Waals surface area contributed by atoms with Gasteiger partial charge in [-0.3, -0.25) is 9.80 Å². The van der Waals surface area contributed by atoms with E-state index in [0.29, 0.717) is 10.4 Å². The molecule has 10 heteroatoms. The second-order valence-electron chi connectivity index (χ2n) is 9.23. The van der Waals surface area contributed by atoms with Gasteiger partial charge in [0.15, 0.2) is 0 Å². The van der Waals surface area contributed by atoms with Crippen molar-refractivity contribution in [2.24, 2.45) is 0 Å². The molecule has 0 aliphatic carbocycles. The third-order valence-corrected chi connectivity index (χ3v) is 4.72. The number of halogens is 1. The van der Waals surface area contributed by atoms with Gasteiger partial charge < -0.3 is 14.2 Å². The molecule has 0 saturated carbocycles. The van der Waals surface area contributed by atoms with Crippen molar-refractivity contribution in [1.82, 2.24) is 9.88 Å². The summed E-state index contributed by atoms with van der Waals surface area (Å²) in [5.74, 6) is -0.247. The van der Waals surface area contributed by atoms with Crippen LogP contribution in [0, 0.1) is 0 Å². The largest absolute Gasteiger partial charge is 0.467 e. The first kappa shape index (κ1) is 24.9. The van der Waals surface area contributed by atoms with Gasteiger partial charge in [0.25, 0.3) is 0 Å². The number of anilines is 1. The predicted molar refractivity (Wildman–Crippen MR) is 118 cm³/mol. The van der Waals surface area contributed by atoms with Gasteiger partial charge in [-0.05, 0) is 69.6 Å². The van der Waals surface area contributed by atoms with Gasteiger partial charge in [0.1, 0.15) is 27.7 Å². The Balaban J connectivity index is 2.42. The molecule has 0 spiro atoms. The number of amides is 2. The summed E-state index contributed by atoms with van der Waals surface area (Å²) in [5, 5.41) is 0. The molecule has 1 aliphatic rings. The van der Waals surface area contributed by atoms with Crippen molar-refractivity contribution in [3.8, 4) is 0 Å². The van der Waals surface area contributed by atoms with Crippen molar-refractivity contribution >= 4 is 39.9 Å². The lowest BCUT2D eigenvalue weighted by Crippen LogP contribution is -2.46. The normalized spacial score (nSPS) is 19.0. The molecule has 31 heavy (non-hydrogen) atoms. The van der Waals surface area contributed by atoms with E-state index in [0.717, 1.165) is 0 Å². The van der Waals surface area contributed by atoms with Gasteiger partial charge in [0.05, 0.1) is 13.2 Å². The summed E-state index contributed by atoms with van der Waals surface area (Å²) in [4.78, 5) is 45.4. The number of rotatable bonds is 3. The number of methoxy groups -OCH3 is 1. The predicted octanol–water partition coefficient (Wildman–Crippen LogP) is 4.14. The van der Waals surface area contributed by atoms with Gasteiger partial charge in [-0.15, -0.1) is 0 Å². The van der Waals surface area contributed by atoms with Gasteiger partial charge >= 0.3 is 18.2 Å². The number of carbonyl (C=O) groups is 3. The van der Waals surface area contributed by atoms with E-state index in [2.05, 4.69) is 20.9 Å². The number of nitrogens with zero attached hydrogens (tertiary/aromatic N) is 3. The Hall–Kier alpha value is -2.36. The van der Waals surface area contributed by atoms with Gasteiger partial charge in [-0.1, -0.05) is 6.07 Å². The molecule has 1 aliphatic heterocycles. The Morgan fingerprint density at radius 2 is 1.71 bits per heavy atom. The first-order valence-corrected chi connectivity index (χ1v) is 10.7. The number of esters is 1. The molecule has 2 unspecified atom stereocenters. The quantitative estimate of drug-likeness (QED) is 0.350. The molecule has 1 fully saturated rings. The van der Waals surface area contributed by atoms with Crippen LogP contribution in [0.4, 0.5) is 15.4 Å². The summed E-state index contributed by atoms with van der Waals surface area (Å²) in [7, 11) is 1.25. The molecular formula is C21H30BrN3O6. The summed E-state index contributed by atoms with van der Waals surface area (Å²) in [5.41, 5.74) is -1.49. The molecule has 172 valence electrons. The maximum atomic E-state index is 13.1. The monoisotopic (exact) mass is 499 g/mol. The number of hydrogen-bond acceptors (Lipinski definition) is 7. The molecule has 0 aromatic carbocycles. The first-order valence-electron chi connectivity index (χ1n) is 9.94. The number of carbonyl (C=O) groups excluding carboxylic acids is 3. The average molecular weight is 500 g/mol. The summed E-state index contributed by atoms with van der Waals surface area (Å²) in [6.07, 6.45) is -1.13. The average Bonchev–Trinajstić information content (AvgIpc) is 3.03. The maximum Gasteiger partial charge on any atom is 0.416 e. The zero-order valence-electron chi connectivity index (χ0n) is 19.0. The Morgan fingerprint density at radius 1 is 1.10 bits per heavy atom. The Kier molecular flexibility index (Phi) is 7.57. The van der Waals surface area contributed by atoms with Crippen LogP contribution in [0.3, 0.4) is 0 Å². The van der Waals surface area contributed by atoms with E-state index in [1.807, 2.05) is 0 Å². The lowest BCUT2D eigenvalue weighted by atomic mass is 10.1. The van der Waals surface area contributed by atoms with E-state index in [9.17, 15) is 14.4 Å². The lowest BCUT2D eigenvalue weighted by molar-refractivity contribution is -0.145. The minimum Gasteiger partial charge on any atom is -0.467 e. The van der Waals surface area contributed by atoms with Crippen molar-refractivity contribution in [1.29, 1.82) is 0 Å². The van der Waals surface area contributed by atoms with Crippen molar-refractivity contribution in [3.05, 3.63) is 22.8 Å². The summed E-state index contributed by atoms with van der Waals surface area (Å²) in [6, 6.07) is 3.66. The minimum absolute atomic E-state index is 0.0577. The van der Waals surface area contributed by atoms with Crippen LogP contribution in [-0.4, -0.2) is 65.0 Å². The van der Waals surface area contributed by atoms with Crippen molar-refractivity contribution < 1.29 is 28.6 Å². The fraction of sp³-hybridized carbons (Fsp3) is 0.619. The fourth-order valence-corrected chi connectivity index (χ4v) is 3.49. The smallest absolute Gasteiger partial charge is 0.416 e. The maximum absolute atomic E-state index is 13.1. The first-order chi connectivity index (χ1) is 14.2. The zero-order valence-corrected chi connectivity index (χ0v) is 20.6. The molecule has 1 aromatic heterocycles. The molecule has 0 N–H and O–H groups in total. The lowest BCUT2D eigenvalue weighted by Gasteiger charge is -2.31. The van der Waals surface area contributed by atoms with Crippen LogP contribution in [0.5, 0.6) is 0 Å². The highest BCUT2D eigenvalue weighted by Crippen LogP contribution is 2.30. The molecule has 1 aromatic rings. The summed E-state index contributed by atoms with van der Waals surface area (Å²) in [6.45, 7) is 10.6. The molecule has 1 saturated heterocycles. The molecule has 2 heterocycles. The third-order valence-electron chi connectivity index (χ3n) is 4.28. The van der Waals surface area contributed by atoms with Gasteiger partial charge in [0.2, 0.25) is 0 Å². The van der Waals surface area contributed by atoms with E-state index >= 15 is 0 Å². The fourth-order valence-electron chi connectivity index (χ4n) is 3.16. The highest BCUT2D eigenvalue weighted by Gasteiger charge is 2.46. The van der Waals surface area contributed by atoms with Crippen LogP contribution in [0.25, 0.3) is 0 Å². The van der Waals surface area contributed by atoms with Crippen molar-refractivity contribution in [3.63, 3.8) is 0 Å². The van der Waals surface area contributed by atoms with E-state index in [-0.39, 0.29) is 13.0 Å². The van der Waals surface area contributed by atoms with Crippen LogP contribution >= 0.6 is 15.9 Å². The zero-order chi connectivity index (χ0) is 23.6. The van der Waals surface area contributed by atoms with Gasteiger partial charge in [-0.2, -0.15) is 0 Å². The third kappa shape index (κ3) is 6.81. The summed E-state index contributed by atoms with van der Waals surface area (Å²) < 4.78 is 16.5. The molecule has 0 radical (unpaired) electrons. The van der Waals surface area contributed by atoms with Crippen LogP contribution < -0.4 is 4.90 Å². The number of likely N-dealkylation sites (tertiary alicyclic amines) is 1. The Bertz CT molecular complexity index is 833. The van der Waals surface area contributed by atoms with Crippen LogP contribution in [0.1, 0.15) is 48.0 Å². The van der Waals surface area contributed by atoms with E-state index < -0.39 is 41.4 Å². The Morgan fingerprint density at radius 3 is 2.23 bits per heavy atom. The van der Waals surface area contributed by atoms with Gasteiger partial charge in [-0.25, -0.2) is 19.4 Å². The molecule has 9 nitrogen and oxygen atoms in total. The number of hydrogen-bond donors (Lipinski definition) is 0. The highest BCUT2D eigenvalue weighted by atomic mass is 79.9. The van der Waals surface area contributed by atoms with Crippen molar-refractivity contribution in [2.75, 3.05) is 18.6 Å². The molecular weight excluding hydrogens is 470 g/mol. The van der Waals surface area contributed by atoms with Crippen LogP contribution in [0.2, 0.25) is 0 Å². The van der Waals surface area contributed by atoms with E-state index in [1.165, 1.54) is 16.9 Å². The van der Waals surface area contributed by atoms with Crippen LogP contribution in [-0.2, 0) is 19.0 Å².